The molecule has 0 fully saturated rings. The number of hydrogen-bond donors (Lipinski definition) is 0. The number of allylic oxidation sites excluding steroid dienone is 1. The SMILES string of the molecule is COCCOC(=O)C1=C(C)N=C(C)C(C(=O)OCCOC)C1c1cn(-c2ccccc2)nc1-c1ccc(Cl)cc1. The smallest absolute Gasteiger partial charge is 0.336 e. The van der Waals surface area contributed by atoms with E-state index in [1.807, 2.05) is 48.7 Å². The van der Waals surface area contributed by atoms with E-state index in [2.05, 4.69) is 4.99 Å². The van der Waals surface area contributed by atoms with Crippen LogP contribution in [0.15, 0.2) is 77.1 Å². The standard InChI is InChI=1S/C30H32ClN3O6/c1-19-25(29(35)39-16-14-37-3)27(26(20(2)32-19)30(36)40-17-15-38-4)24-18-34(23-8-6-5-7-9-23)33-28(24)21-10-12-22(31)13-11-21/h5-13,18,25,27H,14-17H2,1-4H3. The van der Waals surface area contributed by atoms with Crippen LogP contribution in [0.25, 0.3) is 16.9 Å². The molecule has 2 unspecified atom stereocenters. The number of carbonyl (C=O) groups is 2. The lowest BCUT2D eigenvalue weighted by molar-refractivity contribution is -0.148. The topological polar surface area (TPSA) is 101 Å². The molecule has 0 aliphatic carbocycles. The lowest BCUT2D eigenvalue weighted by atomic mass is 9.75. The van der Waals surface area contributed by atoms with Crippen molar-refractivity contribution in [3.8, 4) is 16.9 Å². The number of esters is 2. The fourth-order valence-corrected chi connectivity index (χ4v) is 4.84. The average Bonchev–Trinajstić information content (AvgIpc) is 3.39. The van der Waals surface area contributed by atoms with E-state index in [0.29, 0.717) is 27.7 Å². The summed E-state index contributed by atoms with van der Waals surface area (Å²) in [6.45, 7) is 4.08. The van der Waals surface area contributed by atoms with Gasteiger partial charge in [0.1, 0.15) is 19.1 Å². The molecule has 1 aliphatic heterocycles. The zero-order valence-corrected chi connectivity index (χ0v) is 23.7. The highest BCUT2D eigenvalue weighted by Gasteiger charge is 2.44. The number of methoxy groups -OCH3 is 2. The highest BCUT2D eigenvalue weighted by molar-refractivity contribution is 6.30. The van der Waals surface area contributed by atoms with Gasteiger partial charge >= 0.3 is 11.9 Å². The Kier molecular flexibility index (Phi) is 9.87. The number of halogens is 1. The van der Waals surface area contributed by atoms with Crippen LogP contribution < -0.4 is 0 Å². The summed E-state index contributed by atoms with van der Waals surface area (Å²) < 4.78 is 23.0. The van der Waals surface area contributed by atoms with E-state index < -0.39 is 23.8 Å². The van der Waals surface area contributed by atoms with Gasteiger partial charge in [0, 0.05) is 53.9 Å². The van der Waals surface area contributed by atoms with Gasteiger partial charge < -0.3 is 18.9 Å². The Morgan fingerprint density at radius 2 is 1.55 bits per heavy atom. The summed E-state index contributed by atoms with van der Waals surface area (Å²) in [5.41, 5.74) is 4.06. The van der Waals surface area contributed by atoms with E-state index in [9.17, 15) is 9.59 Å². The third-order valence-electron chi connectivity index (χ3n) is 6.57. The molecule has 40 heavy (non-hydrogen) atoms. The van der Waals surface area contributed by atoms with Gasteiger partial charge in [-0.25, -0.2) is 9.48 Å². The number of para-hydroxylation sites is 1. The van der Waals surface area contributed by atoms with Crippen molar-refractivity contribution >= 4 is 29.3 Å². The molecule has 1 aromatic heterocycles. The van der Waals surface area contributed by atoms with Crippen molar-refractivity contribution < 1.29 is 28.5 Å². The molecule has 0 N–H and O–H groups in total. The summed E-state index contributed by atoms with van der Waals surface area (Å²) >= 11 is 6.19. The van der Waals surface area contributed by atoms with Crippen LogP contribution in [-0.2, 0) is 28.5 Å². The molecule has 0 amide bonds. The van der Waals surface area contributed by atoms with Crippen LogP contribution in [0.2, 0.25) is 5.02 Å². The van der Waals surface area contributed by atoms with Gasteiger partial charge in [0.2, 0.25) is 0 Å². The van der Waals surface area contributed by atoms with E-state index in [4.69, 9.17) is 35.6 Å². The van der Waals surface area contributed by atoms with E-state index in [-0.39, 0.29) is 32.0 Å². The molecule has 0 saturated heterocycles. The first-order valence-corrected chi connectivity index (χ1v) is 13.2. The van der Waals surface area contributed by atoms with Gasteiger partial charge in [-0.15, -0.1) is 0 Å². The number of aromatic nitrogens is 2. The van der Waals surface area contributed by atoms with Gasteiger partial charge in [0.15, 0.2) is 0 Å². The maximum Gasteiger partial charge on any atom is 0.336 e. The predicted molar refractivity (Wildman–Crippen MR) is 152 cm³/mol. The number of ether oxygens (including phenoxy) is 4. The number of benzene rings is 2. The maximum atomic E-state index is 13.6. The van der Waals surface area contributed by atoms with Crippen molar-refractivity contribution in [3.05, 3.63) is 82.7 Å². The van der Waals surface area contributed by atoms with Gasteiger partial charge in [-0.05, 0) is 38.1 Å². The second kappa shape index (κ2) is 13.5. The molecule has 0 radical (unpaired) electrons. The summed E-state index contributed by atoms with van der Waals surface area (Å²) in [6, 6.07) is 16.8. The third kappa shape index (κ3) is 6.50. The van der Waals surface area contributed by atoms with Crippen molar-refractivity contribution in [2.24, 2.45) is 10.9 Å². The first kappa shape index (κ1) is 29.2. The van der Waals surface area contributed by atoms with Crippen LogP contribution in [0, 0.1) is 5.92 Å². The molecule has 1 aliphatic rings. The Balaban J connectivity index is 1.91. The first-order chi connectivity index (χ1) is 19.3. The van der Waals surface area contributed by atoms with Crippen molar-refractivity contribution in [3.63, 3.8) is 0 Å². The zero-order chi connectivity index (χ0) is 28.6. The Morgan fingerprint density at radius 1 is 0.900 bits per heavy atom. The summed E-state index contributed by atoms with van der Waals surface area (Å²) in [5, 5.41) is 5.49. The number of aliphatic imine (C=N–C) groups is 1. The molecule has 9 nitrogen and oxygen atoms in total. The first-order valence-electron chi connectivity index (χ1n) is 12.8. The van der Waals surface area contributed by atoms with Crippen LogP contribution >= 0.6 is 11.6 Å². The molecule has 3 aromatic rings. The minimum atomic E-state index is -0.898. The molecule has 2 aromatic carbocycles. The molecule has 2 heterocycles. The minimum Gasteiger partial charge on any atom is -0.463 e. The monoisotopic (exact) mass is 565 g/mol. The van der Waals surface area contributed by atoms with Gasteiger partial charge in [-0.3, -0.25) is 9.79 Å². The summed E-state index contributed by atoms with van der Waals surface area (Å²) in [7, 11) is 3.05. The largest absolute Gasteiger partial charge is 0.463 e. The zero-order valence-electron chi connectivity index (χ0n) is 22.9. The van der Waals surface area contributed by atoms with Gasteiger partial charge in [0.25, 0.3) is 0 Å². The fraction of sp³-hybridized carbons (Fsp3) is 0.333. The van der Waals surface area contributed by atoms with Crippen LogP contribution in [0.4, 0.5) is 0 Å². The molecule has 4 rings (SSSR count). The summed E-state index contributed by atoms with van der Waals surface area (Å²) in [6.07, 6.45) is 1.84. The van der Waals surface area contributed by atoms with Gasteiger partial charge in [0.05, 0.1) is 30.2 Å². The minimum absolute atomic E-state index is 0.0534. The van der Waals surface area contributed by atoms with Crippen molar-refractivity contribution in [2.45, 2.75) is 19.8 Å². The van der Waals surface area contributed by atoms with Crippen LogP contribution in [0.1, 0.15) is 25.3 Å². The normalized spacial score (nSPS) is 17.0. The molecular weight excluding hydrogens is 534 g/mol. The third-order valence-corrected chi connectivity index (χ3v) is 6.82. The molecule has 10 heteroatoms. The molecule has 0 spiro atoms. The van der Waals surface area contributed by atoms with E-state index in [0.717, 1.165) is 11.3 Å². The summed E-state index contributed by atoms with van der Waals surface area (Å²) in [5.74, 6) is -2.79. The van der Waals surface area contributed by atoms with Crippen molar-refractivity contribution in [2.75, 3.05) is 40.6 Å². The van der Waals surface area contributed by atoms with E-state index >= 15 is 0 Å². The lowest BCUT2D eigenvalue weighted by Crippen LogP contribution is -2.37. The quantitative estimate of drug-likeness (QED) is 0.238. The highest BCUT2D eigenvalue weighted by atomic mass is 35.5. The van der Waals surface area contributed by atoms with Crippen molar-refractivity contribution in [1.82, 2.24) is 9.78 Å². The highest BCUT2D eigenvalue weighted by Crippen LogP contribution is 2.44. The molecule has 210 valence electrons. The Bertz CT molecular complexity index is 1400. The lowest BCUT2D eigenvalue weighted by Gasteiger charge is -2.31. The average molecular weight is 566 g/mol. The Hall–Kier alpha value is -3.79. The number of hydrogen-bond acceptors (Lipinski definition) is 8. The maximum absolute atomic E-state index is 13.6. The predicted octanol–water partition coefficient (Wildman–Crippen LogP) is 5.02. The summed E-state index contributed by atoms with van der Waals surface area (Å²) in [4.78, 5) is 31.7. The molecule has 0 saturated carbocycles. The van der Waals surface area contributed by atoms with Gasteiger partial charge in [-0.2, -0.15) is 5.10 Å². The molecular formula is C30H32ClN3O6. The second-order valence-corrected chi connectivity index (χ2v) is 9.65. The van der Waals surface area contributed by atoms with Crippen molar-refractivity contribution in [1.29, 1.82) is 0 Å². The molecule has 2 atom stereocenters. The Labute approximate surface area is 238 Å². The second-order valence-electron chi connectivity index (χ2n) is 9.22. The number of rotatable bonds is 11. The fourth-order valence-electron chi connectivity index (χ4n) is 4.71. The van der Waals surface area contributed by atoms with Crippen LogP contribution in [-0.4, -0.2) is 68.1 Å². The number of nitrogens with zero attached hydrogens (tertiary/aromatic N) is 3. The number of carbonyl (C=O) groups excluding carboxylic acids is 2. The Morgan fingerprint density at radius 3 is 2.20 bits per heavy atom. The van der Waals surface area contributed by atoms with Crippen LogP contribution in [0.5, 0.6) is 0 Å². The van der Waals surface area contributed by atoms with Gasteiger partial charge in [-0.1, -0.05) is 41.9 Å². The molecule has 0 bridgehead atoms. The van der Waals surface area contributed by atoms with E-state index in [1.165, 1.54) is 14.2 Å². The van der Waals surface area contributed by atoms with E-state index in [1.54, 1.807) is 30.7 Å². The van der Waals surface area contributed by atoms with Crippen LogP contribution in [0.3, 0.4) is 0 Å².